The van der Waals surface area contributed by atoms with E-state index in [9.17, 15) is 9.90 Å². The van der Waals surface area contributed by atoms with Crippen LogP contribution in [0.3, 0.4) is 0 Å². The number of amides is 2. The summed E-state index contributed by atoms with van der Waals surface area (Å²) in [6, 6.07) is 13.1. The molecule has 1 aromatic carbocycles. The van der Waals surface area contributed by atoms with E-state index in [1.54, 1.807) is 4.90 Å². The standard InChI is InChI=1S/C16H19ClN2O2S/c1-12(14-7-8-15(17)22-14)18-16(21)19(9-10-20)11-13-5-3-2-4-6-13/h2-8,12,20H,9-11H2,1H3,(H,18,21). The SMILES string of the molecule is CC(NC(=O)N(CCO)Cc1ccccc1)c1ccc(Cl)s1. The van der Waals surface area contributed by atoms with Crippen LogP contribution < -0.4 is 5.32 Å². The predicted molar refractivity (Wildman–Crippen MR) is 90.2 cm³/mol. The van der Waals surface area contributed by atoms with Gasteiger partial charge in [0.25, 0.3) is 0 Å². The number of aliphatic hydroxyl groups excluding tert-OH is 1. The minimum absolute atomic E-state index is 0.0700. The molecule has 0 aliphatic heterocycles. The lowest BCUT2D eigenvalue weighted by atomic mass is 10.2. The van der Waals surface area contributed by atoms with Crippen molar-refractivity contribution in [3.8, 4) is 0 Å². The van der Waals surface area contributed by atoms with Crippen molar-refractivity contribution in [3.05, 3.63) is 57.2 Å². The van der Waals surface area contributed by atoms with Crippen molar-refractivity contribution >= 4 is 29.0 Å². The third-order valence-electron chi connectivity index (χ3n) is 3.23. The Morgan fingerprint density at radius 1 is 1.32 bits per heavy atom. The molecule has 0 saturated carbocycles. The molecule has 0 saturated heterocycles. The Morgan fingerprint density at radius 3 is 2.64 bits per heavy atom. The fourth-order valence-electron chi connectivity index (χ4n) is 2.09. The van der Waals surface area contributed by atoms with E-state index < -0.39 is 0 Å². The Hall–Kier alpha value is -1.56. The van der Waals surface area contributed by atoms with Crippen molar-refractivity contribution in [2.45, 2.75) is 19.5 Å². The number of carbonyl (C=O) groups is 1. The fraction of sp³-hybridized carbons (Fsp3) is 0.312. The summed E-state index contributed by atoms with van der Waals surface area (Å²) in [6.45, 7) is 2.60. The van der Waals surface area contributed by atoms with Gasteiger partial charge in [-0.1, -0.05) is 41.9 Å². The average molecular weight is 339 g/mol. The molecule has 1 heterocycles. The highest BCUT2D eigenvalue weighted by molar-refractivity contribution is 7.16. The number of thiophene rings is 1. The molecule has 2 rings (SSSR count). The summed E-state index contributed by atoms with van der Waals surface area (Å²) in [5.74, 6) is 0. The van der Waals surface area contributed by atoms with E-state index in [1.165, 1.54) is 11.3 Å². The molecule has 0 aliphatic rings. The van der Waals surface area contributed by atoms with Gasteiger partial charge in [-0.25, -0.2) is 4.79 Å². The van der Waals surface area contributed by atoms with Gasteiger partial charge >= 0.3 is 6.03 Å². The maximum atomic E-state index is 12.4. The second-order valence-corrected chi connectivity index (χ2v) is 6.69. The molecule has 4 nitrogen and oxygen atoms in total. The minimum atomic E-state index is -0.199. The second-order valence-electron chi connectivity index (χ2n) is 4.94. The number of hydrogen-bond donors (Lipinski definition) is 2. The zero-order valence-electron chi connectivity index (χ0n) is 12.3. The van der Waals surface area contributed by atoms with E-state index in [0.29, 0.717) is 17.4 Å². The van der Waals surface area contributed by atoms with Crippen LogP contribution in [0.5, 0.6) is 0 Å². The van der Waals surface area contributed by atoms with Crippen molar-refractivity contribution in [2.75, 3.05) is 13.2 Å². The summed E-state index contributed by atoms with van der Waals surface area (Å²) in [7, 11) is 0. The first-order chi connectivity index (χ1) is 10.6. The molecular formula is C16H19ClN2O2S. The molecule has 0 bridgehead atoms. The highest BCUT2D eigenvalue weighted by atomic mass is 35.5. The van der Waals surface area contributed by atoms with Crippen LogP contribution in [0.1, 0.15) is 23.4 Å². The van der Waals surface area contributed by atoms with Gasteiger partial charge in [0.1, 0.15) is 0 Å². The van der Waals surface area contributed by atoms with Gasteiger partial charge in [0.15, 0.2) is 0 Å². The number of rotatable bonds is 6. The third-order valence-corrected chi connectivity index (χ3v) is 4.65. The van der Waals surface area contributed by atoms with E-state index in [-0.39, 0.29) is 18.7 Å². The molecule has 2 N–H and O–H groups in total. The zero-order valence-corrected chi connectivity index (χ0v) is 13.9. The van der Waals surface area contributed by atoms with Crippen LogP contribution >= 0.6 is 22.9 Å². The van der Waals surface area contributed by atoms with Gasteiger partial charge in [-0.15, -0.1) is 11.3 Å². The number of halogens is 1. The van der Waals surface area contributed by atoms with E-state index in [4.69, 9.17) is 11.6 Å². The van der Waals surface area contributed by atoms with Crippen LogP contribution in [0.2, 0.25) is 4.34 Å². The van der Waals surface area contributed by atoms with Gasteiger partial charge in [-0.2, -0.15) is 0 Å². The highest BCUT2D eigenvalue weighted by Crippen LogP contribution is 2.26. The first kappa shape index (κ1) is 16.8. The number of nitrogens with one attached hydrogen (secondary N) is 1. The molecule has 118 valence electrons. The Kier molecular flexibility index (Phi) is 6.24. The van der Waals surface area contributed by atoms with Crippen molar-refractivity contribution in [3.63, 3.8) is 0 Å². The van der Waals surface area contributed by atoms with E-state index >= 15 is 0 Å². The molecule has 2 aromatic rings. The molecule has 1 aromatic heterocycles. The van der Waals surface area contributed by atoms with Crippen LogP contribution in [0.25, 0.3) is 0 Å². The van der Waals surface area contributed by atoms with Crippen molar-refractivity contribution in [1.29, 1.82) is 0 Å². The summed E-state index contributed by atoms with van der Waals surface area (Å²) >= 11 is 7.37. The highest BCUT2D eigenvalue weighted by Gasteiger charge is 2.17. The Labute approximate surface area is 139 Å². The minimum Gasteiger partial charge on any atom is -0.395 e. The van der Waals surface area contributed by atoms with Gasteiger partial charge in [0.2, 0.25) is 0 Å². The smallest absolute Gasteiger partial charge is 0.318 e. The van der Waals surface area contributed by atoms with Crippen molar-refractivity contribution in [2.24, 2.45) is 0 Å². The Bertz CT molecular complexity index is 603. The number of nitrogens with zero attached hydrogens (tertiary/aromatic N) is 1. The van der Waals surface area contributed by atoms with Crippen LogP contribution in [-0.2, 0) is 6.54 Å². The Balaban J connectivity index is 2.00. The summed E-state index contributed by atoms with van der Waals surface area (Å²) in [5.41, 5.74) is 1.03. The molecular weight excluding hydrogens is 320 g/mol. The quantitative estimate of drug-likeness (QED) is 0.844. The van der Waals surface area contributed by atoms with Gasteiger partial charge in [-0.05, 0) is 24.6 Å². The van der Waals surface area contributed by atoms with Crippen LogP contribution in [0, 0.1) is 0 Å². The van der Waals surface area contributed by atoms with Crippen LogP contribution in [0.4, 0.5) is 4.79 Å². The lowest BCUT2D eigenvalue weighted by molar-refractivity contribution is 0.171. The van der Waals surface area contributed by atoms with Gasteiger partial charge in [0, 0.05) is 18.0 Å². The van der Waals surface area contributed by atoms with E-state index in [1.807, 2.05) is 49.4 Å². The molecule has 0 spiro atoms. The molecule has 1 unspecified atom stereocenters. The maximum Gasteiger partial charge on any atom is 0.318 e. The predicted octanol–water partition coefficient (Wildman–Crippen LogP) is 3.67. The van der Waals surface area contributed by atoms with Gasteiger partial charge < -0.3 is 15.3 Å². The first-order valence-corrected chi connectivity index (χ1v) is 8.25. The molecule has 2 amide bonds. The molecule has 22 heavy (non-hydrogen) atoms. The largest absolute Gasteiger partial charge is 0.395 e. The number of hydrogen-bond acceptors (Lipinski definition) is 3. The van der Waals surface area contributed by atoms with Gasteiger partial charge in [-0.3, -0.25) is 0 Å². The zero-order chi connectivity index (χ0) is 15.9. The lowest BCUT2D eigenvalue weighted by Gasteiger charge is -2.24. The molecule has 0 radical (unpaired) electrons. The summed E-state index contributed by atoms with van der Waals surface area (Å²) in [5, 5.41) is 12.1. The third kappa shape index (κ3) is 4.73. The topological polar surface area (TPSA) is 52.6 Å². The summed E-state index contributed by atoms with van der Waals surface area (Å²) in [6.07, 6.45) is 0. The van der Waals surface area contributed by atoms with Crippen LogP contribution in [-0.4, -0.2) is 29.2 Å². The second kappa shape index (κ2) is 8.17. The number of aliphatic hydroxyl groups is 1. The average Bonchev–Trinajstić information content (AvgIpc) is 2.94. The van der Waals surface area contributed by atoms with Crippen LogP contribution in [0.15, 0.2) is 42.5 Å². The fourth-order valence-corrected chi connectivity index (χ4v) is 3.15. The monoisotopic (exact) mass is 338 g/mol. The van der Waals surface area contributed by atoms with Crippen molar-refractivity contribution < 1.29 is 9.90 Å². The molecule has 0 aliphatic carbocycles. The Morgan fingerprint density at radius 2 is 2.05 bits per heavy atom. The summed E-state index contributed by atoms with van der Waals surface area (Å²) in [4.78, 5) is 15.0. The van der Waals surface area contributed by atoms with E-state index in [0.717, 1.165) is 10.4 Å². The number of urea groups is 1. The first-order valence-electron chi connectivity index (χ1n) is 7.05. The van der Waals surface area contributed by atoms with Crippen molar-refractivity contribution in [1.82, 2.24) is 10.2 Å². The normalized spacial score (nSPS) is 12.0. The lowest BCUT2D eigenvalue weighted by Crippen LogP contribution is -2.41. The molecule has 6 heteroatoms. The number of benzene rings is 1. The summed E-state index contributed by atoms with van der Waals surface area (Å²) < 4.78 is 0.701. The molecule has 0 fully saturated rings. The maximum absolute atomic E-state index is 12.4. The number of carbonyl (C=O) groups excluding carboxylic acids is 1. The van der Waals surface area contributed by atoms with E-state index in [2.05, 4.69) is 5.32 Å². The molecule has 1 atom stereocenters. The van der Waals surface area contributed by atoms with Gasteiger partial charge in [0.05, 0.1) is 17.0 Å².